The first-order valence-electron chi connectivity index (χ1n) is 5.10. The highest BCUT2D eigenvalue weighted by Crippen LogP contribution is 2.55. The van der Waals surface area contributed by atoms with E-state index in [0.717, 1.165) is 31.4 Å². The predicted octanol–water partition coefficient (Wildman–Crippen LogP) is 2.09. The summed E-state index contributed by atoms with van der Waals surface area (Å²) in [5.41, 5.74) is 1.44. The third-order valence-corrected chi connectivity index (χ3v) is 3.31. The van der Waals surface area contributed by atoms with Gasteiger partial charge in [0.15, 0.2) is 0 Å². The Bertz CT molecular complexity index is 230. The highest BCUT2D eigenvalue weighted by Gasteiger charge is 2.50. The molecule has 0 amide bonds. The highest BCUT2D eigenvalue weighted by molar-refractivity contribution is 5.15. The van der Waals surface area contributed by atoms with Crippen LogP contribution < -0.4 is 0 Å². The summed E-state index contributed by atoms with van der Waals surface area (Å²) in [5.74, 6) is 0.459. The molecule has 1 fully saturated rings. The first-order valence-corrected chi connectivity index (χ1v) is 5.10. The van der Waals surface area contributed by atoms with E-state index in [4.69, 9.17) is 4.74 Å². The highest BCUT2D eigenvalue weighted by atomic mass is 16.5. The summed E-state index contributed by atoms with van der Waals surface area (Å²) in [6.07, 6.45) is 4.72. The fraction of sp³-hybridized carbons (Fsp3) is 0.818. The molecule has 74 valence electrons. The van der Waals surface area contributed by atoms with E-state index < -0.39 is 0 Å². The summed E-state index contributed by atoms with van der Waals surface area (Å²) in [4.78, 5) is 0. The quantitative estimate of drug-likeness (QED) is 0.708. The average molecular weight is 182 g/mol. The van der Waals surface area contributed by atoms with Gasteiger partial charge in [0, 0.05) is 0 Å². The SMILES string of the molecule is CC1(C)CC1C(O)C1=COCCC1. The van der Waals surface area contributed by atoms with Gasteiger partial charge in [0.1, 0.15) is 0 Å². The van der Waals surface area contributed by atoms with Crippen molar-refractivity contribution < 1.29 is 9.84 Å². The zero-order valence-corrected chi connectivity index (χ0v) is 8.42. The molecule has 1 N–H and O–H groups in total. The number of hydrogen-bond donors (Lipinski definition) is 1. The molecule has 1 heterocycles. The lowest BCUT2D eigenvalue weighted by atomic mass is 9.97. The van der Waals surface area contributed by atoms with Crippen molar-refractivity contribution in [2.24, 2.45) is 11.3 Å². The Balaban J connectivity index is 1.97. The first-order chi connectivity index (χ1) is 6.11. The Hall–Kier alpha value is -0.500. The molecule has 2 heteroatoms. The van der Waals surface area contributed by atoms with Crippen LogP contribution in [-0.4, -0.2) is 17.8 Å². The topological polar surface area (TPSA) is 29.5 Å². The predicted molar refractivity (Wildman–Crippen MR) is 51.2 cm³/mol. The Kier molecular flexibility index (Phi) is 2.11. The van der Waals surface area contributed by atoms with Crippen LogP contribution in [0.1, 0.15) is 33.1 Å². The van der Waals surface area contributed by atoms with Crippen molar-refractivity contribution >= 4 is 0 Å². The van der Waals surface area contributed by atoms with E-state index in [9.17, 15) is 5.11 Å². The lowest BCUT2D eigenvalue weighted by Gasteiger charge is -2.19. The molecule has 0 saturated heterocycles. The van der Waals surface area contributed by atoms with Crippen molar-refractivity contribution in [3.8, 4) is 0 Å². The molecule has 2 rings (SSSR count). The van der Waals surface area contributed by atoms with Crippen molar-refractivity contribution in [2.75, 3.05) is 6.61 Å². The molecule has 2 aliphatic rings. The Morgan fingerprint density at radius 2 is 2.31 bits per heavy atom. The fourth-order valence-corrected chi connectivity index (χ4v) is 2.11. The van der Waals surface area contributed by atoms with Crippen LogP contribution in [0.5, 0.6) is 0 Å². The summed E-state index contributed by atoms with van der Waals surface area (Å²) >= 11 is 0. The maximum absolute atomic E-state index is 10.0. The molecule has 0 spiro atoms. The van der Waals surface area contributed by atoms with Gasteiger partial charge in [-0.25, -0.2) is 0 Å². The summed E-state index contributed by atoms with van der Waals surface area (Å²) < 4.78 is 5.23. The third kappa shape index (κ3) is 1.73. The number of rotatable bonds is 2. The number of hydrogen-bond acceptors (Lipinski definition) is 2. The molecule has 2 atom stereocenters. The minimum atomic E-state index is -0.254. The molecule has 0 radical (unpaired) electrons. The molecule has 0 aromatic rings. The number of aliphatic hydroxyl groups is 1. The largest absolute Gasteiger partial charge is 0.501 e. The Labute approximate surface area is 79.6 Å². The van der Waals surface area contributed by atoms with E-state index in [1.54, 1.807) is 6.26 Å². The second-order valence-corrected chi connectivity index (χ2v) is 4.91. The molecule has 2 unspecified atom stereocenters. The normalized spacial score (nSPS) is 33.2. The van der Waals surface area contributed by atoms with Gasteiger partial charge >= 0.3 is 0 Å². The summed E-state index contributed by atoms with van der Waals surface area (Å²) in [7, 11) is 0. The molecule has 2 nitrogen and oxygen atoms in total. The molecule has 1 saturated carbocycles. The first kappa shape index (κ1) is 9.07. The van der Waals surface area contributed by atoms with E-state index in [0.29, 0.717) is 11.3 Å². The lowest BCUT2D eigenvalue weighted by molar-refractivity contribution is 0.143. The van der Waals surface area contributed by atoms with E-state index in [1.165, 1.54) is 0 Å². The minimum absolute atomic E-state index is 0.254. The van der Waals surface area contributed by atoms with Crippen molar-refractivity contribution in [1.82, 2.24) is 0 Å². The molecular weight excluding hydrogens is 164 g/mol. The summed E-state index contributed by atoms with van der Waals surface area (Å²) in [6.45, 7) is 5.24. The molecule has 0 bridgehead atoms. The van der Waals surface area contributed by atoms with Gasteiger partial charge in [-0.05, 0) is 36.2 Å². The van der Waals surface area contributed by atoms with Gasteiger partial charge in [-0.3, -0.25) is 0 Å². The van der Waals surface area contributed by atoms with Crippen LogP contribution in [0.15, 0.2) is 11.8 Å². The second-order valence-electron chi connectivity index (χ2n) is 4.91. The van der Waals surface area contributed by atoms with E-state index in [2.05, 4.69) is 13.8 Å². The average Bonchev–Trinajstić information content (AvgIpc) is 2.76. The van der Waals surface area contributed by atoms with Gasteiger partial charge in [-0.1, -0.05) is 13.8 Å². The zero-order chi connectivity index (χ0) is 9.47. The van der Waals surface area contributed by atoms with Crippen LogP contribution in [0.3, 0.4) is 0 Å². The van der Waals surface area contributed by atoms with Gasteiger partial charge in [-0.2, -0.15) is 0 Å². The van der Waals surface area contributed by atoms with Crippen molar-refractivity contribution in [2.45, 2.75) is 39.2 Å². The number of ether oxygens (including phenoxy) is 1. The molecule has 0 aromatic carbocycles. The molecule has 1 aliphatic carbocycles. The number of aliphatic hydroxyl groups excluding tert-OH is 1. The van der Waals surface area contributed by atoms with E-state index in [1.807, 2.05) is 0 Å². The monoisotopic (exact) mass is 182 g/mol. The van der Waals surface area contributed by atoms with E-state index in [-0.39, 0.29) is 6.10 Å². The molecule has 1 aliphatic heterocycles. The van der Waals surface area contributed by atoms with Gasteiger partial charge in [0.2, 0.25) is 0 Å². The van der Waals surface area contributed by atoms with Crippen LogP contribution in [0.4, 0.5) is 0 Å². The lowest BCUT2D eigenvalue weighted by Crippen LogP contribution is -2.18. The van der Waals surface area contributed by atoms with Crippen molar-refractivity contribution in [1.29, 1.82) is 0 Å². The van der Waals surface area contributed by atoms with Gasteiger partial charge in [-0.15, -0.1) is 0 Å². The zero-order valence-electron chi connectivity index (χ0n) is 8.42. The Morgan fingerprint density at radius 1 is 1.62 bits per heavy atom. The summed E-state index contributed by atoms with van der Waals surface area (Å²) in [6, 6.07) is 0. The maximum atomic E-state index is 10.0. The van der Waals surface area contributed by atoms with Crippen LogP contribution in [0, 0.1) is 11.3 Å². The van der Waals surface area contributed by atoms with Gasteiger partial charge in [0.05, 0.1) is 19.0 Å². The molecule has 0 aromatic heterocycles. The van der Waals surface area contributed by atoms with Gasteiger partial charge in [0.25, 0.3) is 0 Å². The second kappa shape index (κ2) is 3.02. The molecule has 13 heavy (non-hydrogen) atoms. The van der Waals surface area contributed by atoms with Crippen molar-refractivity contribution in [3.05, 3.63) is 11.8 Å². The minimum Gasteiger partial charge on any atom is -0.501 e. The Morgan fingerprint density at radius 3 is 2.77 bits per heavy atom. The van der Waals surface area contributed by atoms with Crippen LogP contribution in [0.25, 0.3) is 0 Å². The fourth-order valence-electron chi connectivity index (χ4n) is 2.11. The smallest absolute Gasteiger partial charge is 0.0876 e. The third-order valence-electron chi connectivity index (χ3n) is 3.31. The van der Waals surface area contributed by atoms with Gasteiger partial charge < -0.3 is 9.84 Å². The van der Waals surface area contributed by atoms with E-state index >= 15 is 0 Å². The molecular formula is C11H18O2. The van der Waals surface area contributed by atoms with Crippen LogP contribution >= 0.6 is 0 Å². The van der Waals surface area contributed by atoms with Crippen LogP contribution in [-0.2, 0) is 4.74 Å². The standard InChI is InChI=1S/C11H18O2/c1-11(2)6-9(11)10(12)8-4-3-5-13-7-8/h7,9-10,12H,3-6H2,1-2H3. The summed E-state index contributed by atoms with van der Waals surface area (Å²) in [5, 5.41) is 10.0. The maximum Gasteiger partial charge on any atom is 0.0876 e. The van der Waals surface area contributed by atoms with Crippen molar-refractivity contribution in [3.63, 3.8) is 0 Å². The van der Waals surface area contributed by atoms with Crippen LogP contribution in [0.2, 0.25) is 0 Å².